The summed E-state index contributed by atoms with van der Waals surface area (Å²) < 4.78 is 1.98. The van der Waals surface area contributed by atoms with E-state index in [0.717, 1.165) is 32.5 Å². The quantitative estimate of drug-likeness (QED) is 0.850. The minimum absolute atomic E-state index is 0.209. The van der Waals surface area contributed by atoms with E-state index in [1.807, 2.05) is 47.1 Å². The van der Waals surface area contributed by atoms with Gasteiger partial charge in [-0.3, -0.25) is 14.4 Å². The molecule has 1 fully saturated rings. The lowest BCUT2D eigenvalue weighted by Gasteiger charge is -2.34. The molecule has 0 aliphatic carbocycles. The summed E-state index contributed by atoms with van der Waals surface area (Å²) in [6.07, 6.45) is 5.92. The Kier molecular flexibility index (Phi) is 5.08. The summed E-state index contributed by atoms with van der Waals surface area (Å²) in [6, 6.07) is 12.5. The van der Waals surface area contributed by atoms with Crippen molar-refractivity contribution in [2.45, 2.75) is 25.4 Å². The molecule has 0 saturated carbocycles. The third-order valence-electron chi connectivity index (χ3n) is 4.35. The van der Waals surface area contributed by atoms with Gasteiger partial charge < -0.3 is 4.90 Å². The van der Waals surface area contributed by atoms with E-state index in [9.17, 15) is 4.79 Å². The first-order chi connectivity index (χ1) is 11.2. The summed E-state index contributed by atoms with van der Waals surface area (Å²) in [5.41, 5.74) is 1.23. The molecule has 0 bridgehead atoms. The summed E-state index contributed by atoms with van der Waals surface area (Å²) >= 11 is 0. The van der Waals surface area contributed by atoms with Crippen molar-refractivity contribution in [2.75, 3.05) is 26.7 Å². The first-order valence-corrected chi connectivity index (χ1v) is 8.22. The molecule has 1 aromatic carbocycles. The number of amides is 1. The van der Waals surface area contributed by atoms with Crippen molar-refractivity contribution in [1.29, 1.82) is 0 Å². The van der Waals surface area contributed by atoms with Crippen LogP contribution < -0.4 is 0 Å². The third kappa shape index (κ3) is 4.20. The van der Waals surface area contributed by atoms with Crippen molar-refractivity contribution < 1.29 is 4.79 Å². The molecule has 0 N–H and O–H groups in total. The van der Waals surface area contributed by atoms with Crippen LogP contribution in [0, 0.1) is 0 Å². The van der Waals surface area contributed by atoms with Gasteiger partial charge in [0.2, 0.25) is 5.91 Å². The fourth-order valence-corrected chi connectivity index (χ4v) is 3.18. The second kappa shape index (κ2) is 7.42. The van der Waals surface area contributed by atoms with Crippen molar-refractivity contribution >= 4 is 5.91 Å². The minimum Gasteiger partial charge on any atom is -0.339 e. The van der Waals surface area contributed by atoms with E-state index in [1.165, 1.54) is 5.56 Å². The Labute approximate surface area is 137 Å². The number of benzene rings is 1. The number of rotatable bonds is 5. The molecule has 23 heavy (non-hydrogen) atoms. The highest BCUT2D eigenvalue weighted by molar-refractivity contribution is 5.78. The van der Waals surface area contributed by atoms with Gasteiger partial charge in [-0.2, -0.15) is 5.10 Å². The molecule has 1 aliphatic heterocycles. The van der Waals surface area contributed by atoms with E-state index >= 15 is 0 Å². The van der Waals surface area contributed by atoms with Crippen LogP contribution in [0.25, 0.3) is 0 Å². The Morgan fingerprint density at radius 1 is 1.30 bits per heavy atom. The molecule has 1 aromatic heterocycles. The van der Waals surface area contributed by atoms with Crippen LogP contribution in [-0.4, -0.2) is 52.2 Å². The maximum absolute atomic E-state index is 12.6. The van der Waals surface area contributed by atoms with Crippen LogP contribution in [0.1, 0.15) is 24.4 Å². The largest absolute Gasteiger partial charge is 0.339 e. The molecule has 0 spiro atoms. The van der Waals surface area contributed by atoms with Crippen LogP contribution in [0.4, 0.5) is 0 Å². The lowest BCUT2D eigenvalue weighted by Crippen LogP contribution is -2.44. The predicted molar refractivity (Wildman–Crippen MR) is 89.9 cm³/mol. The van der Waals surface area contributed by atoms with E-state index < -0.39 is 0 Å². The molecule has 0 unspecified atom stereocenters. The van der Waals surface area contributed by atoms with Crippen LogP contribution in [0.15, 0.2) is 48.8 Å². The second-order valence-electron chi connectivity index (χ2n) is 6.28. The lowest BCUT2D eigenvalue weighted by atomic mass is 10.1. The Morgan fingerprint density at radius 2 is 2.13 bits per heavy atom. The summed E-state index contributed by atoms with van der Waals surface area (Å²) in [4.78, 5) is 16.6. The molecule has 2 heterocycles. The lowest BCUT2D eigenvalue weighted by molar-refractivity contribution is -0.133. The number of nitrogens with zero attached hydrogens (tertiary/aromatic N) is 4. The Balaban J connectivity index is 1.53. The van der Waals surface area contributed by atoms with E-state index in [4.69, 9.17) is 0 Å². The van der Waals surface area contributed by atoms with Gasteiger partial charge in [-0.25, -0.2) is 0 Å². The van der Waals surface area contributed by atoms with E-state index in [-0.39, 0.29) is 5.91 Å². The number of hydrogen-bond acceptors (Lipinski definition) is 3. The number of hydrogen-bond donors (Lipinski definition) is 0. The highest BCUT2D eigenvalue weighted by atomic mass is 16.2. The fourth-order valence-electron chi connectivity index (χ4n) is 3.18. The van der Waals surface area contributed by atoms with Gasteiger partial charge >= 0.3 is 0 Å². The maximum Gasteiger partial charge on any atom is 0.236 e. The van der Waals surface area contributed by atoms with Crippen LogP contribution in [0.5, 0.6) is 0 Å². The zero-order valence-corrected chi connectivity index (χ0v) is 13.6. The van der Waals surface area contributed by atoms with Gasteiger partial charge in [0.05, 0.1) is 12.6 Å². The van der Waals surface area contributed by atoms with Crippen molar-refractivity contribution in [3.63, 3.8) is 0 Å². The van der Waals surface area contributed by atoms with Crippen LogP contribution in [0.3, 0.4) is 0 Å². The van der Waals surface area contributed by atoms with Gasteiger partial charge in [0.15, 0.2) is 0 Å². The van der Waals surface area contributed by atoms with Crippen molar-refractivity contribution in [1.82, 2.24) is 19.6 Å². The van der Waals surface area contributed by atoms with Crippen molar-refractivity contribution in [3.05, 3.63) is 54.4 Å². The highest BCUT2D eigenvalue weighted by Gasteiger charge is 2.25. The predicted octanol–water partition coefficient (Wildman–Crippen LogP) is 2.18. The van der Waals surface area contributed by atoms with Crippen molar-refractivity contribution in [2.24, 2.45) is 0 Å². The number of carbonyl (C=O) groups is 1. The normalized spacial score (nSPS) is 18.3. The fraction of sp³-hybridized carbons (Fsp3) is 0.444. The SMILES string of the molecule is CN(CC(=O)N1CCC[C@H](n2cccn2)C1)Cc1ccccc1. The van der Waals surface area contributed by atoms with E-state index in [0.29, 0.717) is 12.6 Å². The molecule has 1 aliphatic rings. The van der Waals surface area contributed by atoms with Gasteiger partial charge in [0.25, 0.3) is 0 Å². The van der Waals surface area contributed by atoms with Crippen LogP contribution in [0.2, 0.25) is 0 Å². The van der Waals surface area contributed by atoms with Crippen LogP contribution >= 0.6 is 0 Å². The van der Waals surface area contributed by atoms with Gasteiger partial charge in [-0.05, 0) is 31.5 Å². The minimum atomic E-state index is 0.209. The molecule has 1 amide bonds. The van der Waals surface area contributed by atoms with Gasteiger partial charge in [-0.15, -0.1) is 0 Å². The highest BCUT2D eigenvalue weighted by Crippen LogP contribution is 2.20. The molecule has 1 atom stereocenters. The topological polar surface area (TPSA) is 41.4 Å². The zero-order valence-electron chi connectivity index (χ0n) is 13.6. The molecule has 5 nitrogen and oxygen atoms in total. The summed E-state index contributed by atoms with van der Waals surface area (Å²) in [5, 5.41) is 4.32. The van der Waals surface area contributed by atoms with Crippen molar-refractivity contribution in [3.8, 4) is 0 Å². The summed E-state index contributed by atoms with van der Waals surface area (Å²) in [7, 11) is 2.00. The Morgan fingerprint density at radius 3 is 2.87 bits per heavy atom. The Hall–Kier alpha value is -2.14. The molecule has 3 rings (SSSR count). The van der Waals surface area contributed by atoms with E-state index in [2.05, 4.69) is 22.1 Å². The number of likely N-dealkylation sites (N-methyl/N-ethyl adjacent to an activating group) is 1. The molecular formula is C18H24N4O. The van der Waals surface area contributed by atoms with E-state index in [1.54, 1.807) is 6.20 Å². The number of carbonyl (C=O) groups excluding carboxylic acids is 1. The summed E-state index contributed by atoms with van der Waals surface area (Å²) in [5.74, 6) is 0.209. The maximum atomic E-state index is 12.6. The molecule has 1 saturated heterocycles. The smallest absolute Gasteiger partial charge is 0.236 e. The zero-order chi connectivity index (χ0) is 16.1. The molecular weight excluding hydrogens is 288 g/mol. The number of likely N-dealkylation sites (tertiary alicyclic amines) is 1. The average molecular weight is 312 g/mol. The molecule has 2 aromatic rings. The second-order valence-corrected chi connectivity index (χ2v) is 6.28. The molecule has 0 radical (unpaired) electrons. The Bertz CT molecular complexity index is 611. The number of piperidine rings is 1. The van der Waals surface area contributed by atoms with Crippen LogP contribution in [-0.2, 0) is 11.3 Å². The average Bonchev–Trinajstić information content (AvgIpc) is 3.10. The molecule has 5 heteroatoms. The molecule has 122 valence electrons. The monoisotopic (exact) mass is 312 g/mol. The first kappa shape index (κ1) is 15.7. The number of aromatic nitrogens is 2. The standard InChI is InChI=1S/C18H24N4O/c1-20(13-16-7-3-2-4-8-16)15-18(23)21-11-5-9-17(14-21)22-12-6-10-19-22/h2-4,6-8,10,12,17H,5,9,11,13-15H2,1H3/t17-/m0/s1. The first-order valence-electron chi connectivity index (χ1n) is 8.22. The van der Waals surface area contributed by atoms with Gasteiger partial charge in [-0.1, -0.05) is 30.3 Å². The van der Waals surface area contributed by atoms with Gasteiger partial charge in [0, 0.05) is 32.0 Å². The summed E-state index contributed by atoms with van der Waals surface area (Å²) in [6.45, 7) is 2.87. The third-order valence-corrected chi connectivity index (χ3v) is 4.35. The van der Waals surface area contributed by atoms with Gasteiger partial charge in [0.1, 0.15) is 0 Å².